The lowest BCUT2D eigenvalue weighted by atomic mass is 9.81. The van der Waals surface area contributed by atoms with Crippen LogP contribution in [0.2, 0.25) is 5.02 Å². The Morgan fingerprint density at radius 3 is 2.43 bits per heavy atom. The van der Waals surface area contributed by atoms with Crippen molar-refractivity contribution in [3.8, 4) is 11.5 Å². The topological polar surface area (TPSA) is 55.8 Å². The molecule has 158 valence electrons. The Bertz CT molecular complexity index is 1070. The van der Waals surface area contributed by atoms with Crippen molar-refractivity contribution in [3.05, 3.63) is 64.1 Å². The van der Waals surface area contributed by atoms with Crippen molar-refractivity contribution < 1.29 is 23.8 Å². The molecule has 0 radical (unpaired) electrons. The van der Waals surface area contributed by atoms with Crippen LogP contribution in [-0.2, 0) is 9.53 Å². The van der Waals surface area contributed by atoms with Gasteiger partial charge in [0.25, 0.3) is 0 Å². The molecular weight excluding hydrogens is 407 g/mol. The number of halogens is 2. The summed E-state index contributed by atoms with van der Waals surface area (Å²) in [5.74, 6) is -0.266. The molecule has 0 aromatic heterocycles. The van der Waals surface area contributed by atoms with Crippen molar-refractivity contribution in [2.75, 3.05) is 0 Å². The number of aliphatic hydroxyl groups excluding tert-OH is 1. The molecule has 0 bridgehead atoms. The van der Waals surface area contributed by atoms with Gasteiger partial charge in [-0.05, 0) is 87.9 Å². The smallest absolute Gasteiger partial charge is 0.198 e. The molecule has 30 heavy (non-hydrogen) atoms. The summed E-state index contributed by atoms with van der Waals surface area (Å²) in [7, 11) is 0. The van der Waals surface area contributed by atoms with Crippen LogP contribution in [0.15, 0.2) is 42.2 Å². The highest BCUT2D eigenvalue weighted by molar-refractivity contribution is 6.30. The quantitative estimate of drug-likeness (QED) is 0.595. The third kappa shape index (κ3) is 3.72. The minimum absolute atomic E-state index is 0.0293. The lowest BCUT2D eigenvalue weighted by molar-refractivity contribution is -0.158. The van der Waals surface area contributed by atoms with Crippen LogP contribution >= 0.6 is 11.6 Å². The summed E-state index contributed by atoms with van der Waals surface area (Å²) >= 11 is 5.82. The predicted octanol–water partition coefficient (Wildman–Crippen LogP) is 6.57. The summed E-state index contributed by atoms with van der Waals surface area (Å²) in [6.07, 6.45) is 2.04. The number of ether oxygens (including phenoxy) is 2. The number of benzene rings is 2. The molecule has 4 rings (SSSR count). The maximum Gasteiger partial charge on any atom is 0.198 e. The fraction of sp³-hybridized carbons (Fsp3) is 0.375. The first-order valence-corrected chi connectivity index (χ1v) is 10.3. The second kappa shape index (κ2) is 7.10. The zero-order valence-corrected chi connectivity index (χ0v) is 18.1. The van der Waals surface area contributed by atoms with Crippen molar-refractivity contribution in [3.63, 3.8) is 0 Å². The van der Waals surface area contributed by atoms with Gasteiger partial charge in [0.2, 0.25) is 0 Å². The number of hydrogen-bond donors (Lipinski definition) is 1. The summed E-state index contributed by atoms with van der Waals surface area (Å²) < 4.78 is 25.8. The third-order valence-electron chi connectivity index (χ3n) is 5.52. The number of Topliss-reactive ketones (excluding diaryl/α,β-unsaturated/α-hetero) is 1. The standard InChI is InChI=1S/C24H24ClFO4/c1-23(2)21(27)20(22(28)24(3,4)30-23)17-12-15(8-9-16(17)13-5-6-13)29-19-10-7-14(25)11-18(19)26/h7-13,27H,5-6H2,1-4H3. The maximum absolute atomic E-state index is 14.2. The Hall–Kier alpha value is -2.37. The molecule has 2 aromatic carbocycles. The summed E-state index contributed by atoms with van der Waals surface area (Å²) in [6, 6.07) is 9.51. The second-order valence-corrected chi connectivity index (χ2v) is 9.31. The van der Waals surface area contributed by atoms with Gasteiger partial charge in [-0.15, -0.1) is 0 Å². The molecule has 1 aliphatic heterocycles. The third-order valence-corrected chi connectivity index (χ3v) is 5.76. The van der Waals surface area contributed by atoms with Crippen LogP contribution in [0.3, 0.4) is 0 Å². The number of rotatable bonds is 4. The van der Waals surface area contributed by atoms with Gasteiger partial charge in [0, 0.05) is 5.02 Å². The fourth-order valence-electron chi connectivity index (χ4n) is 3.94. The van der Waals surface area contributed by atoms with Gasteiger partial charge in [-0.3, -0.25) is 4.79 Å². The molecule has 0 saturated heterocycles. The minimum Gasteiger partial charge on any atom is -0.508 e. The average molecular weight is 431 g/mol. The molecule has 2 aliphatic rings. The van der Waals surface area contributed by atoms with E-state index in [1.165, 1.54) is 12.1 Å². The van der Waals surface area contributed by atoms with Gasteiger partial charge >= 0.3 is 0 Å². The van der Waals surface area contributed by atoms with Crippen molar-refractivity contribution in [2.24, 2.45) is 0 Å². The molecule has 0 atom stereocenters. The SMILES string of the molecule is CC1(C)OC(C)(C)C(O)=C(c2cc(Oc3ccc(Cl)cc3F)ccc2C2CC2)C1=O. The molecule has 6 heteroatoms. The van der Waals surface area contributed by atoms with E-state index in [4.69, 9.17) is 21.1 Å². The molecule has 1 N–H and O–H groups in total. The van der Waals surface area contributed by atoms with Crippen molar-refractivity contribution in [2.45, 2.75) is 57.7 Å². The van der Waals surface area contributed by atoms with Gasteiger partial charge in [0.05, 0.1) is 5.57 Å². The Balaban J connectivity index is 1.84. The molecule has 1 fully saturated rings. The Morgan fingerprint density at radius 2 is 1.80 bits per heavy atom. The highest BCUT2D eigenvalue weighted by Crippen LogP contribution is 2.48. The number of aliphatic hydroxyl groups is 1. The molecule has 0 spiro atoms. The first kappa shape index (κ1) is 20.9. The number of carbonyl (C=O) groups is 1. The first-order valence-electron chi connectivity index (χ1n) is 9.95. The maximum atomic E-state index is 14.2. The van der Waals surface area contributed by atoms with Gasteiger partial charge in [-0.25, -0.2) is 4.39 Å². The van der Waals surface area contributed by atoms with Crippen LogP contribution in [0.5, 0.6) is 11.5 Å². The lowest BCUT2D eigenvalue weighted by Gasteiger charge is -2.40. The van der Waals surface area contributed by atoms with Crippen LogP contribution < -0.4 is 4.74 Å². The summed E-state index contributed by atoms with van der Waals surface area (Å²) in [4.78, 5) is 13.2. The molecule has 0 unspecified atom stereocenters. The Kier molecular flexibility index (Phi) is 4.94. The highest BCUT2D eigenvalue weighted by Gasteiger charge is 2.48. The summed E-state index contributed by atoms with van der Waals surface area (Å²) in [5.41, 5.74) is -0.295. The molecular formula is C24H24ClFO4. The van der Waals surface area contributed by atoms with Crippen LogP contribution in [0.25, 0.3) is 5.57 Å². The largest absolute Gasteiger partial charge is 0.508 e. The van der Waals surface area contributed by atoms with E-state index in [9.17, 15) is 14.3 Å². The Morgan fingerprint density at radius 1 is 1.10 bits per heavy atom. The Labute approximate surface area is 180 Å². The lowest BCUT2D eigenvalue weighted by Crippen LogP contribution is -2.49. The van der Waals surface area contributed by atoms with Crippen LogP contribution in [0.1, 0.15) is 57.6 Å². The second-order valence-electron chi connectivity index (χ2n) is 8.88. The highest BCUT2D eigenvalue weighted by atomic mass is 35.5. The molecule has 1 aliphatic carbocycles. The van der Waals surface area contributed by atoms with E-state index in [0.717, 1.165) is 18.4 Å². The van der Waals surface area contributed by atoms with E-state index in [2.05, 4.69) is 0 Å². The first-order chi connectivity index (χ1) is 14.0. The normalized spacial score (nSPS) is 20.4. The minimum atomic E-state index is -1.09. The van der Waals surface area contributed by atoms with Crippen LogP contribution in [0, 0.1) is 5.82 Å². The van der Waals surface area contributed by atoms with E-state index in [1.807, 2.05) is 6.07 Å². The number of ketones is 1. The fourth-order valence-corrected chi connectivity index (χ4v) is 4.10. The summed E-state index contributed by atoms with van der Waals surface area (Å²) in [5, 5.41) is 11.2. The van der Waals surface area contributed by atoms with Gasteiger partial charge < -0.3 is 14.6 Å². The number of carbonyl (C=O) groups excluding carboxylic acids is 1. The van der Waals surface area contributed by atoms with E-state index in [1.54, 1.807) is 45.9 Å². The molecule has 0 amide bonds. The van der Waals surface area contributed by atoms with E-state index < -0.39 is 17.0 Å². The van der Waals surface area contributed by atoms with Gasteiger partial charge in [0.1, 0.15) is 22.7 Å². The summed E-state index contributed by atoms with van der Waals surface area (Å²) in [6.45, 7) is 6.86. The van der Waals surface area contributed by atoms with Crippen molar-refractivity contribution in [1.82, 2.24) is 0 Å². The van der Waals surface area contributed by atoms with E-state index >= 15 is 0 Å². The number of hydrogen-bond acceptors (Lipinski definition) is 4. The van der Waals surface area contributed by atoms with E-state index in [0.29, 0.717) is 17.2 Å². The van der Waals surface area contributed by atoms with E-state index in [-0.39, 0.29) is 27.9 Å². The zero-order valence-electron chi connectivity index (χ0n) is 17.4. The zero-order chi connectivity index (χ0) is 21.8. The molecule has 4 nitrogen and oxygen atoms in total. The molecule has 1 heterocycles. The molecule has 2 aromatic rings. The van der Waals surface area contributed by atoms with Crippen LogP contribution in [-0.4, -0.2) is 22.1 Å². The van der Waals surface area contributed by atoms with Gasteiger partial charge in [0.15, 0.2) is 17.3 Å². The van der Waals surface area contributed by atoms with Gasteiger partial charge in [-0.2, -0.15) is 0 Å². The van der Waals surface area contributed by atoms with Crippen molar-refractivity contribution >= 4 is 23.0 Å². The van der Waals surface area contributed by atoms with Crippen molar-refractivity contribution in [1.29, 1.82) is 0 Å². The van der Waals surface area contributed by atoms with Gasteiger partial charge in [-0.1, -0.05) is 17.7 Å². The van der Waals surface area contributed by atoms with Crippen LogP contribution in [0.4, 0.5) is 4.39 Å². The average Bonchev–Trinajstić information content (AvgIpc) is 3.47. The predicted molar refractivity (Wildman–Crippen MR) is 114 cm³/mol. The molecule has 1 saturated carbocycles. The monoisotopic (exact) mass is 430 g/mol.